The summed E-state index contributed by atoms with van der Waals surface area (Å²) in [4.78, 5) is 10.7. The van der Waals surface area contributed by atoms with Crippen LogP contribution in [-0.2, 0) is 0 Å². The van der Waals surface area contributed by atoms with E-state index in [1.165, 1.54) is 32.4 Å². The number of nitrogens with two attached hydrogens (primary N) is 2. The molecule has 0 aliphatic carbocycles. The molecule has 0 bridgehead atoms. The number of ether oxygens (including phenoxy) is 2. The molecule has 2 aromatic rings. The van der Waals surface area contributed by atoms with Crippen molar-refractivity contribution in [1.82, 2.24) is 4.90 Å². The van der Waals surface area contributed by atoms with Gasteiger partial charge >= 0.3 is 0 Å². The molecule has 0 atom stereocenters. The van der Waals surface area contributed by atoms with Gasteiger partial charge in [0.1, 0.15) is 0 Å². The van der Waals surface area contributed by atoms with Gasteiger partial charge in [-0.25, -0.2) is 4.99 Å². The zero-order valence-corrected chi connectivity index (χ0v) is 19.0. The van der Waals surface area contributed by atoms with Crippen LogP contribution < -0.4 is 26.3 Å². The van der Waals surface area contributed by atoms with E-state index >= 15 is 0 Å². The molecule has 3 rings (SSSR count). The smallest absolute Gasteiger partial charge is 0.223 e. The van der Waals surface area contributed by atoms with Gasteiger partial charge in [-0.2, -0.15) is 10.3 Å². The normalized spacial score (nSPS) is 15.0. The molecule has 33 heavy (non-hydrogen) atoms. The van der Waals surface area contributed by atoms with Crippen molar-refractivity contribution in [2.45, 2.75) is 25.7 Å². The fraction of sp³-hybridized carbons (Fsp3) is 0.375. The number of anilines is 1. The molecule has 1 fully saturated rings. The van der Waals surface area contributed by atoms with Gasteiger partial charge in [0.05, 0.1) is 31.0 Å². The molecule has 2 aromatic carbocycles. The Morgan fingerprint density at radius 1 is 1.09 bits per heavy atom. The minimum Gasteiger partial charge on any atom is -0.493 e. The molecule has 5 N–H and O–H groups in total. The lowest BCUT2D eigenvalue weighted by molar-refractivity contribution is 0.203. The van der Waals surface area contributed by atoms with Crippen molar-refractivity contribution in [1.29, 1.82) is 5.26 Å². The van der Waals surface area contributed by atoms with Crippen molar-refractivity contribution in [2.24, 2.45) is 21.5 Å². The van der Waals surface area contributed by atoms with Gasteiger partial charge in [-0.3, -0.25) is 0 Å². The largest absolute Gasteiger partial charge is 0.493 e. The zero-order valence-electron chi connectivity index (χ0n) is 19.0. The van der Waals surface area contributed by atoms with Crippen LogP contribution >= 0.6 is 0 Å². The van der Waals surface area contributed by atoms with E-state index in [4.69, 9.17) is 26.2 Å². The molecule has 1 heterocycles. The summed E-state index contributed by atoms with van der Waals surface area (Å²) >= 11 is 0. The van der Waals surface area contributed by atoms with Gasteiger partial charge in [0.2, 0.25) is 11.9 Å². The highest BCUT2D eigenvalue weighted by atomic mass is 16.5. The lowest BCUT2D eigenvalue weighted by Gasteiger charge is -2.26. The average Bonchev–Trinajstić information content (AvgIpc) is 2.83. The van der Waals surface area contributed by atoms with Crippen molar-refractivity contribution in [3.8, 4) is 17.6 Å². The van der Waals surface area contributed by atoms with Gasteiger partial charge in [-0.05, 0) is 68.8 Å². The fourth-order valence-corrected chi connectivity index (χ4v) is 3.58. The summed E-state index contributed by atoms with van der Waals surface area (Å²) in [7, 11) is 1.60. The summed E-state index contributed by atoms with van der Waals surface area (Å²) in [6.07, 6.45) is 4.90. The van der Waals surface area contributed by atoms with E-state index in [0.717, 1.165) is 13.0 Å². The maximum absolute atomic E-state index is 8.85. The molecule has 0 saturated carbocycles. The van der Waals surface area contributed by atoms with E-state index in [0.29, 0.717) is 35.0 Å². The Kier molecular flexibility index (Phi) is 8.91. The van der Waals surface area contributed by atoms with Crippen LogP contribution in [0.4, 0.5) is 11.4 Å². The Balaban J connectivity index is 1.54. The molecule has 0 aromatic heterocycles. The number of benzene rings is 2. The highest BCUT2D eigenvalue weighted by Crippen LogP contribution is 2.30. The fourth-order valence-electron chi connectivity index (χ4n) is 3.58. The van der Waals surface area contributed by atoms with Gasteiger partial charge in [0.25, 0.3) is 0 Å². The Bertz CT molecular complexity index is 1010. The molecule has 9 nitrogen and oxygen atoms in total. The van der Waals surface area contributed by atoms with E-state index in [-0.39, 0.29) is 11.9 Å². The molecule has 1 aliphatic heterocycles. The maximum atomic E-state index is 8.85. The Morgan fingerprint density at radius 2 is 1.85 bits per heavy atom. The van der Waals surface area contributed by atoms with Crippen LogP contribution in [0.25, 0.3) is 0 Å². The standard InChI is InChI=1S/C24H31N7O2/c1-32-22-16-20(10-11-21(22)33-15-5-14-31-12-3-2-4-13-31)29-24(27)30-23(26)28-19-8-6-18(17-25)7-9-19/h6-11,16H,2-5,12-15H2,1H3,(H5,26,27,28,29,30). The van der Waals surface area contributed by atoms with Crippen LogP contribution in [0.5, 0.6) is 11.5 Å². The first-order valence-corrected chi connectivity index (χ1v) is 11.1. The SMILES string of the molecule is COc1cc(NC(N)=NC(N)=Nc2ccc(C#N)cc2)ccc1OCCCN1CCCCC1. The maximum Gasteiger partial charge on any atom is 0.223 e. The first-order chi connectivity index (χ1) is 16.1. The van der Waals surface area contributed by atoms with Gasteiger partial charge < -0.3 is 31.2 Å². The number of nitrogens with zero attached hydrogens (tertiary/aromatic N) is 4. The predicted molar refractivity (Wildman–Crippen MR) is 131 cm³/mol. The van der Waals surface area contributed by atoms with E-state index in [2.05, 4.69) is 20.2 Å². The highest BCUT2D eigenvalue weighted by Gasteiger charge is 2.10. The molecule has 9 heteroatoms. The minimum absolute atomic E-state index is 0.00895. The molecule has 0 amide bonds. The highest BCUT2D eigenvalue weighted by molar-refractivity contribution is 6.01. The lowest BCUT2D eigenvalue weighted by atomic mass is 10.1. The Morgan fingerprint density at radius 3 is 2.55 bits per heavy atom. The second-order valence-electron chi connectivity index (χ2n) is 7.72. The average molecular weight is 450 g/mol. The number of rotatable bonds is 8. The summed E-state index contributed by atoms with van der Waals surface area (Å²) in [5.74, 6) is 1.36. The monoisotopic (exact) mass is 449 g/mol. The predicted octanol–water partition coefficient (Wildman–Crippen LogP) is 3.19. The molecule has 0 spiro atoms. The number of hydrogen-bond acceptors (Lipinski definition) is 5. The molecule has 0 radical (unpaired) electrons. The summed E-state index contributed by atoms with van der Waals surface area (Å²) in [6, 6.07) is 14.2. The number of hydrogen-bond donors (Lipinski definition) is 3. The number of nitriles is 1. The van der Waals surface area contributed by atoms with E-state index in [9.17, 15) is 0 Å². The lowest BCUT2D eigenvalue weighted by Crippen LogP contribution is -2.31. The minimum atomic E-state index is -0.00895. The van der Waals surface area contributed by atoms with Crippen LogP contribution in [0, 0.1) is 11.3 Å². The van der Waals surface area contributed by atoms with Crippen molar-refractivity contribution >= 4 is 23.3 Å². The number of likely N-dealkylation sites (tertiary alicyclic amines) is 1. The summed E-state index contributed by atoms with van der Waals surface area (Å²) in [5.41, 5.74) is 13.6. The number of guanidine groups is 2. The molecular formula is C24H31N7O2. The first kappa shape index (κ1) is 23.9. The van der Waals surface area contributed by atoms with E-state index in [1.54, 1.807) is 37.4 Å². The Hall–Kier alpha value is -3.77. The summed E-state index contributed by atoms with van der Waals surface area (Å²) < 4.78 is 11.4. The quantitative estimate of drug-likeness (QED) is 0.320. The first-order valence-electron chi connectivity index (χ1n) is 11.1. The number of aliphatic imine (C=N–C) groups is 2. The van der Waals surface area contributed by atoms with Gasteiger partial charge in [0.15, 0.2) is 11.5 Å². The van der Waals surface area contributed by atoms with Crippen molar-refractivity contribution in [3.05, 3.63) is 48.0 Å². The molecule has 1 saturated heterocycles. The van der Waals surface area contributed by atoms with Crippen LogP contribution in [0.1, 0.15) is 31.2 Å². The third-order valence-electron chi connectivity index (χ3n) is 5.24. The van der Waals surface area contributed by atoms with Crippen LogP contribution in [-0.4, -0.2) is 50.2 Å². The molecule has 0 unspecified atom stereocenters. The second kappa shape index (κ2) is 12.3. The second-order valence-corrected chi connectivity index (χ2v) is 7.72. The Labute approximate surface area is 194 Å². The van der Waals surface area contributed by atoms with Gasteiger partial charge in [-0.15, -0.1) is 0 Å². The van der Waals surface area contributed by atoms with Crippen LogP contribution in [0.2, 0.25) is 0 Å². The number of piperidine rings is 1. The topological polar surface area (TPSA) is 134 Å². The van der Waals surface area contributed by atoms with Gasteiger partial charge in [0, 0.05) is 18.3 Å². The molecule has 174 valence electrons. The van der Waals surface area contributed by atoms with Crippen LogP contribution in [0.15, 0.2) is 52.4 Å². The van der Waals surface area contributed by atoms with Crippen molar-refractivity contribution < 1.29 is 9.47 Å². The summed E-state index contributed by atoms with van der Waals surface area (Å²) in [5, 5.41) is 11.8. The third-order valence-corrected chi connectivity index (χ3v) is 5.24. The molecule has 1 aliphatic rings. The van der Waals surface area contributed by atoms with Gasteiger partial charge in [-0.1, -0.05) is 6.42 Å². The third kappa shape index (κ3) is 7.70. The number of methoxy groups -OCH3 is 1. The molecular weight excluding hydrogens is 418 g/mol. The van der Waals surface area contributed by atoms with Crippen molar-refractivity contribution in [2.75, 3.05) is 38.7 Å². The van der Waals surface area contributed by atoms with Crippen molar-refractivity contribution in [3.63, 3.8) is 0 Å². The van der Waals surface area contributed by atoms with E-state index in [1.807, 2.05) is 18.2 Å². The van der Waals surface area contributed by atoms with E-state index < -0.39 is 0 Å². The summed E-state index contributed by atoms with van der Waals surface area (Å²) in [6.45, 7) is 4.07. The zero-order chi connectivity index (χ0) is 23.5. The van der Waals surface area contributed by atoms with Crippen LogP contribution in [0.3, 0.4) is 0 Å². The number of nitrogens with one attached hydrogen (secondary N) is 1.